The number of halogens is 1. The molecular formula is C22H21FN2O3S. The zero-order valence-electron chi connectivity index (χ0n) is 16.1. The van der Waals surface area contributed by atoms with Gasteiger partial charge < -0.3 is 9.47 Å². The Morgan fingerprint density at radius 1 is 1.10 bits per heavy atom. The van der Waals surface area contributed by atoms with E-state index in [1.807, 2.05) is 37.4 Å². The number of benzene rings is 2. The van der Waals surface area contributed by atoms with Gasteiger partial charge in [-0.2, -0.15) is 0 Å². The predicted octanol–water partition coefficient (Wildman–Crippen LogP) is 5.40. The highest BCUT2D eigenvalue weighted by atomic mass is 32.1. The number of carbonyl (C=O) groups excluding carboxylic acids is 1. The lowest BCUT2D eigenvalue weighted by Gasteiger charge is -2.11. The summed E-state index contributed by atoms with van der Waals surface area (Å²) in [5.74, 6) is 0.717. The molecule has 2 aromatic carbocycles. The Morgan fingerprint density at radius 3 is 2.55 bits per heavy atom. The number of nitrogens with one attached hydrogen (secondary N) is 1. The highest BCUT2D eigenvalue weighted by molar-refractivity contribution is 7.14. The standard InChI is InChI=1S/C22H21FN2O3S/c1-3-27-19-11-5-15(13-20(19)28-4-2)6-12-21(26)25-22-24-18(14-29-22)16-7-9-17(23)10-8-16/h5-14H,3-4H2,1-2H3,(H,24,25,26). The molecule has 1 heterocycles. The maximum Gasteiger partial charge on any atom is 0.250 e. The lowest BCUT2D eigenvalue weighted by atomic mass is 10.2. The second-order valence-electron chi connectivity index (χ2n) is 5.94. The van der Waals surface area contributed by atoms with Crippen LogP contribution in [0.25, 0.3) is 17.3 Å². The van der Waals surface area contributed by atoms with Crippen LogP contribution in [0.15, 0.2) is 53.9 Å². The van der Waals surface area contributed by atoms with Gasteiger partial charge in [-0.25, -0.2) is 9.37 Å². The molecule has 0 aliphatic carbocycles. The minimum atomic E-state index is -0.301. The van der Waals surface area contributed by atoms with Gasteiger partial charge in [-0.1, -0.05) is 6.07 Å². The summed E-state index contributed by atoms with van der Waals surface area (Å²) in [4.78, 5) is 16.6. The van der Waals surface area contributed by atoms with Gasteiger partial charge in [0, 0.05) is 17.0 Å². The molecule has 0 radical (unpaired) electrons. The Balaban J connectivity index is 1.65. The number of anilines is 1. The maximum absolute atomic E-state index is 13.0. The quantitative estimate of drug-likeness (QED) is 0.503. The monoisotopic (exact) mass is 412 g/mol. The van der Waals surface area contributed by atoms with E-state index in [9.17, 15) is 9.18 Å². The fraction of sp³-hybridized carbons (Fsp3) is 0.182. The molecule has 29 heavy (non-hydrogen) atoms. The number of aromatic nitrogens is 1. The minimum absolute atomic E-state index is 0.295. The van der Waals surface area contributed by atoms with E-state index >= 15 is 0 Å². The molecular weight excluding hydrogens is 391 g/mol. The van der Waals surface area contributed by atoms with Crippen LogP contribution in [0.1, 0.15) is 19.4 Å². The summed E-state index contributed by atoms with van der Waals surface area (Å²) in [6.45, 7) is 4.88. The van der Waals surface area contributed by atoms with Crippen LogP contribution in [0, 0.1) is 5.82 Å². The van der Waals surface area contributed by atoms with E-state index in [0.29, 0.717) is 35.5 Å². The number of ether oxygens (including phenoxy) is 2. The number of carbonyl (C=O) groups is 1. The lowest BCUT2D eigenvalue weighted by molar-refractivity contribution is -0.111. The van der Waals surface area contributed by atoms with E-state index in [0.717, 1.165) is 11.1 Å². The highest BCUT2D eigenvalue weighted by Crippen LogP contribution is 2.29. The van der Waals surface area contributed by atoms with Gasteiger partial charge in [0.05, 0.1) is 18.9 Å². The molecule has 0 aliphatic heterocycles. The van der Waals surface area contributed by atoms with Gasteiger partial charge in [0.15, 0.2) is 16.6 Å². The molecule has 0 atom stereocenters. The summed E-state index contributed by atoms with van der Waals surface area (Å²) in [6.07, 6.45) is 3.13. The Morgan fingerprint density at radius 2 is 1.83 bits per heavy atom. The van der Waals surface area contributed by atoms with Crippen molar-refractivity contribution in [3.05, 3.63) is 65.3 Å². The van der Waals surface area contributed by atoms with Gasteiger partial charge in [-0.05, 0) is 61.9 Å². The topological polar surface area (TPSA) is 60.5 Å². The summed E-state index contributed by atoms with van der Waals surface area (Å²) in [5, 5.41) is 5.02. The maximum atomic E-state index is 13.0. The Bertz CT molecular complexity index is 1000. The molecule has 0 spiro atoms. The van der Waals surface area contributed by atoms with E-state index in [2.05, 4.69) is 10.3 Å². The summed E-state index contributed by atoms with van der Waals surface area (Å²) in [7, 11) is 0. The lowest BCUT2D eigenvalue weighted by Crippen LogP contribution is -2.07. The second kappa shape index (κ2) is 9.84. The number of hydrogen-bond donors (Lipinski definition) is 1. The van der Waals surface area contributed by atoms with Gasteiger partial charge in [0.2, 0.25) is 5.91 Å². The minimum Gasteiger partial charge on any atom is -0.490 e. The van der Waals surface area contributed by atoms with E-state index in [-0.39, 0.29) is 11.7 Å². The Labute approximate surface area is 172 Å². The number of nitrogens with zero attached hydrogens (tertiary/aromatic N) is 1. The predicted molar refractivity (Wildman–Crippen MR) is 114 cm³/mol. The van der Waals surface area contributed by atoms with Crippen molar-refractivity contribution in [1.82, 2.24) is 4.98 Å². The van der Waals surface area contributed by atoms with Crippen LogP contribution in [0.5, 0.6) is 11.5 Å². The molecule has 0 saturated heterocycles. The van der Waals surface area contributed by atoms with Crippen molar-refractivity contribution in [3.63, 3.8) is 0 Å². The molecule has 7 heteroatoms. The van der Waals surface area contributed by atoms with Gasteiger partial charge in [0.1, 0.15) is 5.82 Å². The fourth-order valence-electron chi connectivity index (χ4n) is 2.57. The molecule has 0 bridgehead atoms. The number of amides is 1. The number of hydrogen-bond acceptors (Lipinski definition) is 5. The molecule has 1 aromatic heterocycles. The third-order valence-corrected chi connectivity index (χ3v) is 4.63. The van der Waals surface area contributed by atoms with Crippen LogP contribution in [0.3, 0.4) is 0 Å². The average molecular weight is 412 g/mol. The molecule has 3 aromatic rings. The summed E-state index contributed by atoms with van der Waals surface area (Å²) < 4.78 is 24.2. The zero-order valence-corrected chi connectivity index (χ0v) is 17.0. The van der Waals surface area contributed by atoms with Crippen LogP contribution in [0.2, 0.25) is 0 Å². The van der Waals surface area contributed by atoms with E-state index in [4.69, 9.17) is 9.47 Å². The largest absolute Gasteiger partial charge is 0.490 e. The second-order valence-corrected chi connectivity index (χ2v) is 6.80. The average Bonchev–Trinajstić information content (AvgIpc) is 3.17. The normalized spacial score (nSPS) is 10.9. The van der Waals surface area contributed by atoms with Crippen molar-refractivity contribution in [3.8, 4) is 22.8 Å². The summed E-state index contributed by atoms with van der Waals surface area (Å²) >= 11 is 1.31. The van der Waals surface area contributed by atoms with Crippen molar-refractivity contribution in [2.24, 2.45) is 0 Å². The first kappa shape index (κ1) is 20.5. The number of rotatable bonds is 8. The van der Waals surface area contributed by atoms with Gasteiger partial charge in [-0.3, -0.25) is 10.1 Å². The van der Waals surface area contributed by atoms with Crippen LogP contribution in [0.4, 0.5) is 9.52 Å². The van der Waals surface area contributed by atoms with E-state index in [1.54, 1.807) is 18.2 Å². The molecule has 150 valence electrons. The fourth-order valence-corrected chi connectivity index (χ4v) is 3.30. The zero-order chi connectivity index (χ0) is 20.6. The summed E-state index contributed by atoms with van der Waals surface area (Å²) in [6, 6.07) is 11.6. The first-order valence-electron chi connectivity index (χ1n) is 9.19. The smallest absolute Gasteiger partial charge is 0.250 e. The third-order valence-electron chi connectivity index (χ3n) is 3.87. The Hall–Kier alpha value is -3.19. The van der Waals surface area contributed by atoms with E-state index in [1.165, 1.54) is 29.5 Å². The van der Waals surface area contributed by atoms with Crippen LogP contribution >= 0.6 is 11.3 Å². The first-order valence-corrected chi connectivity index (χ1v) is 10.1. The third kappa shape index (κ3) is 5.65. The molecule has 1 N–H and O–H groups in total. The van der Waals surface area contributed by atoms with Crippen LogP contribution in [-0.4, -0.2) is 24.1 Å². The van der Waals surface area contributed by atoms with Crippen molar-refractivity contribution < 1.29 is 18.7 Å². The van der Waals surface area contributed by atoms with E-state index < -0.39 is 0 Å². The Kier molecular flexibility index (Phi) is 6.97. The van der Waals surface area contributed by atoms with Gasteiger partial charge in [-0.15, -0.1) is 11.3 Å². The molecule has 5 nitrogen and oxygen atoms in total. The molecule has 3 rings (SSSR count). The summed E-state index contributed by atoms with van der Waals surface area (Å²) in [5.41, 5.74) is 2.29. The molecule has 0 saturated carbocycles. The van der Waals surface area contributed by atoms with Crippen molar-refractivity contribution in [1.29, 1.82) is 0 Å². The van der Waals surface area contributed by atoms with Gasteiger partial charge in [0.25, 0.3) is 0 Å². The molecule has 0 aliphatic rings. The SMILES string of the molecule is CCOc1ccc(C=CC(=O)Nc2nc(-c3ccc(F)cc3)cs2)cc1OCC. The molecule has 1 amide bonds. The first-order chi connectivity index (χ1) is 14.1. The number of thiazole rings is 1. The van der Waals surface area contributed by atoms with Crippen molar-refractivity contribution in [2.45, 2.75) is 13.8 Å². The van der Waals surface area contributed by atoms with Crippen molar-refractivity contribution >= 4 is 28.5 Å². The van der Waals surface area contributed by atoms with Gasteiger partial charge >= 0.3 is 0 Å². The molecule has 0 fully saturated rings. The molecule has 0 unspecified atom stereocenters. The van der Waals surface area contributed by atoms with Crippen LogP contribution in [-0.2, 0) is 4.79 Å². The van der Waals surface area contributed by atoms with Crippen LogP contribution < -0.4 is 14.8 Å². The van der Waals surface area contributed by atoms with Crippen molar-refractivity contribution in [2.75, 3.05) is 18.5 Å². The highest BCUT2D eigenvalue weighted by Gasteiger charge is 2.08.